The summed E-state index contributed by atoms with van der Waals surface area (Å²) >= 11 is 0. The molecule has 0 saturated carbocycles. The zero-order chi connectivity index (χ0) is 14.4. The van der Waals surface area contributed by atoms with Crippen molar-refractivity contribution in [1.82, 2.24) is 14.8 Å². The van der Waals surface area contributed by atoms with E-state index in [1.807, 2.05) is 21.9 Å². The molecule has 0 bridgehead atoms. The van der Waals surface area contributed by atoms with E-state index in [4.69, 9.17) is 4.74 Å². The van der Waals surface area contributed by atoms with Gasteiger partial charge in [0.1, 0.15) is 6.54 Å². The molecule has 0 aliphatic carbocycles. The smallest absolute Gasteiger partial charge is 0.242 e. The summed E-state index contributed by atoms with van der Waals surface area (Å²) in [5.74, 6) is 0.825. The highest BCUT2D eigenvalue weighted by Gasteiger charge is 2.16. The lowest BCUT2D eigenvalue weighted by Crippen LogP contribution is -2.42. The Morgan fingerprint density at radius 3 is 2.85 bits per heavy atom. The third-order valence-corrected chi connectivity index (χ3v) is 3.38. The first kappa shape index (κ1) is 15.1. The maximum Gasteiger partial charge on any atom is 0.242 e. The van der Waals surface area contributed by atoms with Gasteiger partial charge in [-0.15, -0.1) is 0 Å². The Labute approximate surface area is 120 Å². The summed E-state index contributed by atoms with van der Waals surface area (Å²) in [6.45, 7) is 9.41. The molecule has 1 N–H and O–H groups in total. The number of carbonyl (C=O) groups excluding carboxylic acids is 1. The average molecular weight is 279 g/mol. The Bertz CT molecular complexity index is 423. The predicted molar refractivity (Wildman–Crippen MR) is 78.4 cm³/mol. The molecular weight excluding hydrogens is 254 g/mol. The van der Waals surface area contributed by atoms with E-state index in [9.17, 15) is 4.79 Å². The largest absolute Gasteiger partial charge is 0.378 e. The molecule has 112 valence electrons. The van der Waals surface area contributed by atoms with E-state index in [-0.39, 0.29) is 5.91 Å². The van der Waals surface area contributed by atoms with Gasteiger partial charge in [0.2, 0.25) is 5.91 Å². The number of ether oxygens (including phenoxy) is 1. The van der Waals surface area contributed by atoms with Crippen LogP contribution in [0.4, 0.5) is 0 Å². The Morgan fingerprint density at radius 2 is 2.15 bits per heavy atom. The fourth-order valence-electron chi connectivity index (χ4n) is 2.27. The number of carbonyl (C=O) groups is 1. The van der Waals surface area contributed by atoms with Gasteiger partial charge >= 0.3 is 0 Å². The predicted octanol–water partition coefficient (Wildman–Crippen LogP) is 1.09. The van der Waals surface area contributed by atoms with Crippen molar-refractivity contribution in [2.45, 2.75) is 26.9 Å². The van der Waals surface area contributed by atoms with Crippen LogP contribution in [0.25, 0.3) is 0 Å². The van der Waals surface area contributed by atoms with E-state index in [2.05, 4.69) is 25.2 Å². The highest BCUT2D eigenvalue weighted by atomic mass is 16.5. The van der Waals surface area contributed by atoms with E-state index in [0.717, 1.165) is 13.1 Å². The van der Waals surface area contributed by atoms with Gasteiger partial charge in [-0.05, 0) is 24.1 Å². The van der Waals surface area contributed by atoms with E-state index < -0.39 is 0 Å². The molecule has 5 heteroatoms. The number of rotatable bonds is 6. The molecule has 0 radical (unpaired) electrons. The van der Waals surface area contributed by atoms with Crippen molar-refractivity contribution in [3.05, 3.63) is 24.0 Å². The summed E-state index contributed by atoms with van der Waals surface area (Å²) in [4.78, 5) is 14.0. The molecule has 20 heavy (non-hydrogen) atoms. The average Bonchev–Trinajstić information content (AvgIpc) is 2.87. The van der Waals surface area contributed by atoms with Gasteiger partial charge in [-0.3, -0.25) is 4.79 Å². The molecule has 1 aromatic rings. The van der Waals surface area contributed by atoms with E-state index in [0.29, 0.717) is 38.8 Å². The van der Waals surface area contributed by atoms with Crippen molar-refractivity contribution in [2.24, 2.45) is 5.92 Å². The molecule has 1 aliphatic heterocycles. The van der Waals surface area contributed by atoms with Crippen LogP contribution in [0.3, 0.4) is 0 Å². The van der Waals surface area contributed by atoms with Crippen molar-refractivity contribution < 1.29 is 9.53 Å². The van der Waals surface area contributed by atoms with Gasteiger partial charge in [0.25, 0.3) is 0 Å². The van der Waals surface area contributed by atoms with Crippen molar-refractivity contribution in [3.63, 3.8) is 0 Å². The van der Waals surface area contributed by atoms with Gasteiger partial charge in [-0.1, -0.05) is 13.8 Å². The van der Waals surface area contributed by atoms with Crippen LogP contribution < -0.4 is 5.32 Å². The zero-order valence-corrected chi connectivity index (χ0v) is 12.5. The number of hydrogen-bond donors (Lipinski definition) is 1. The molecule has 2 heterocycles. The molecule has 0 unspecified atom stereocenters. The maximum absolute atomic E-state index is 12.1. The quantitative estimate of drug-likeness (QED) is 0.848. The third-order valence-electron chi connectivity index (χ3n) is 3.38. The highest BCUT2D eigenvalue weighted by Crippen LogP contribution is 2.04. The minimum atomic E-state index is 0.172. The van der Waals surface area contributed by atoms with Crippen LogP contribution in [0.2, 0.25) is 0 Å². The van der Waals surface area contributed by atoms with Gasteiger partial charge in [0, 0.05) is 32.0 Å². The van der Waals surface area contributed by atoms with Crippen LogP contribution in [0.15, 0.2) is 18.5 Å². The fraction of sp³-hybridized carbons (Fsp3) is 0.667. The fourth-order valence-corrected chi connectivity index (χ4v) is 2.27. The van der Waals surface area contributed by atoms with Crippen molar-refractivity contribution >= 4 is 5.91 Å². The normalized spacial score (nSPS) is 15.8. The Hall–Kier alpha value is -1.33. The lowest BCUT2D eigenvalue weighted by molar-refractivity contribution is -0.135. The highest BCUT2D eigenvalue weighted by molar-refractivity contribution is 5.76. The maximum atomic E-state index is 12.1. The second-order valence-corrected chi connectivity index (χ2v) is 5.71. The van der Waals surface area contributed by atoms with Crippen molar-refractivity contribution in [1.29, 1.82) is 0 Å². The van der Waals surface area contributed by atoms with E-state index >= 15 is 0 Å². The first-order valence-corrected chi connectivity index (χ1v) is 7.36. The SMILES string of the molecule is CC(C)CNCc1ccn(CC(=O)N2CCOCC2)c1. The van der Waals surface area contributed by atoms with Crippen LogP contribution in [0, 0.1) is 5.92 Å². The molecule has 1 saturated heterocycles. The van der Waals surface area contributed by atoms with Crippen molar-refractivity contribution in [2.75, 3.05) is 32.8 Å². The first-order valence-electron chi connectivity index (χ1n) is 7.36. The van der Waals surface area contributed by atoms with Crippen LogP contribution >= 0.6 is 0 Å². The Balaban J connectivity index is 1.78. The van der Waals surface area contributed by atoms with E-state index in [1.54, 1.807) is 0 Å². The minimum Gasteiger partial charge on any atom is -0.378 e. The lowest BCUT2D eigenvalue weighted by Gasteiger charge is -2.26. The molecule has 2 rings (SSSR count). The molecule has 0 aromatic carbocycles. The molecule has 0 spiro atoms. The molecular formula is C15H25N3O2. The van der Waals surface area contributed by atoms with E-state index in [1.165, 1.54) is 5.56 Å². The van der Waals surface area contributed by atoms with Crippen LogP contribution in [-0.2, 0) is 22.6 Å². The van der Waals surface area contributed by atoms with Crippen LogP contribution in [0.1, 0.15) is 19.4 Å². The van der Waals surface area contributed by atoms with Crippen LogP contribution in [0.5, 0.6) is 0 Å². The summed E-state index contributed by atoms with van der Waals surface area (Å²) < 4.78 is 7.22. The number of aromatic nitrogens is 1. The second-order valence-electron chi connectivity index (χ2n) is 5.71. The van der Waals surface area contributed by atoms with Gasteiger partial charge in [-0.2, -0.15) is 0 Å². The Kier molecular flexibility index (Phi) is 5.61. The lowest BCUT2D eigenvalue weighted by atomic mass is 10.2. The zero-order valence-electron chi connectivity index (χ0n) is 12.5. The topological polar surface area (TPSA) is 46.5 Å². The number of nitrogens with zero attached hydrogens (tertiary/aromatic N) is 2. The molecule has 0 atom stereocenters. The number of nitrogens with one attached hydrogen (secondary N) is 1. The van der Waals surface area contributed by atoms with Crippen molar-refractivity contribution in [3.8, 4) is 0 Å². The van der Waals surface area contributed by atoms with Gasteiger partial charge < -0.3 is 19.5 Å². The van der Waals surface area contributed by atoms with Gasteiger partial charge in [-0.25, -0.2) is 0 Å². The minimum absolute atomic E-state index is 0.172. The standard InChI is InChI=1S/C15H25N3O2/c1-13(2)9-16-10-14-3-4-17(11-14)12-15(19)18-5-7-20-8-6-18/h3-4,11,13,16H,5-10,12H2,1-2H3. The second kappa shape index (κ2) is 7.45. The molecule has 1 aromatic heterocycles. The third kappa shape index (κ3) is 4.65. The number of morpholine rings is 1. The summed E-state index contributed by atoms with van der Waals surface area (Å²) in [7, 11) is 0. The number of hydrogen-bond acceptors (Lipinski definition) is 3. The summed E-state index contributed by atoms with van der Waals surface area (Å²) in [6.07, 6.45) is 4.02. The molecule has 1 amide bonds. The summed E-state index contributed by atoms with van der Waals surface area (Å²) in [5.41, 5.74) is 1.22. The van der Waals surface area contributed by atoms with Crippen LogP contribution in [-0.4, -0.2) is 48.2 Å². The molecule has 5 nitrogen and oxygen atoms in total. The van der Waals surface area contributed by atoms with Gasteiger partial charge in [0.15, 0.2) is 0 Å². The monoisotopic (exact) mass is 279 g/mol. The van der Waals surface area contributed by atoms with Gasteiger partial charge in [0.05, 0.1) is 13.2 Å². The summed E-state index contributed by atoms with van der Waals surface area (Å²) in [5, 5.41) is 3.41. The molecule has 1 fully saturated rings. The summed E-state index contributed by atoms with van der Waals surface area (Å²) in [6, 6.07) is 2.07. The number of amides is 1. The Morgan fingerprint density at radius 1 is 1.40 bits per heavy atom. The molecule has 1 aliphatic rings. The first-order chi connectivity index (χ1) is 9.65.